The van der Waals surface area contributed by atoms with Gasteiger partial charge in [-0.3, -0.25) is 4.79 Å². The van der Waals surface area contributed by atoms with Crippen molar-refractivity contribution in [2.45, 2.75) is 0 Å². The highest BCUT2D eigenvalue weighted by molar-refractivity contribution is 9.11. The van der Waals surface area contributed by atoms with Crippen LogP contribution in [0.1, 0.15) is 4.88 Å². The van der Waals surface area contributed by atoms with Gasteiger partial charge in [-0.15, -0.1) is 11.3 Å². The number of halogens is 1. The van der Waals surface area contributed by atoms with E-state index in [0.29, 0.717) is 0 Å². The molecule has 0 fully saturated rings. The highest BCUT2D eigenvalue weighted by Crippen LogP contribution is 2.22. The Bertz CT molecular complexity index is 533. The number of thiophene rings is 1. The molecule has 1 aromatic heterocycles. The summed E-state index contributed by atoms with van der Waals surface area (Å²) in [5, 5.41) is 2.79. The second-order valence-corrected chi connectivity index (χ2v) is 5.83. The van der Waals surface area contributed by atoms with Crippen LogP contribution in [0.5, 0.6) is 0 Å². The van der Waals surface area contributed by atoms with Crippen molar-refractivity contribution >= 4 is 44.9 Å². The predicted octanol–water partition coefficient (Wildman–Crippen LogP) is 4.16. The van der Waals surface area contributed by atoms with Crippen LogP contribution in [0, 0.1) is 0 Å². The molecular formula is C13H10BrNOS. The molecule has 2 aromatic rings. The van der Waals surface area contributed by atoms with Gasteiger partial charge in [0.25, 0.3) is 0 Å². The van der Waals surface area contributed by atoms with Crippen LogP contribution >= 0.6 is 27.3 Å². The topological polar surface area (TPSA) is 29.1 Å². The van der Waals surface area contributed by atoms with Crippen LogP contribution < -0.4 is 5.32 Å². The Morgan fingerprint density at radius 1 is 1.18 bits per heavy atom. The van der Waals surface area contributed by atoms with Gasteiger partial charge in [-0.25, -0.2) is 0 Å². The van der Waals surface area contributed by atoms with Gasteiger partial charge in [0.2, 0.25) is 5.91 Å². The molecule has 17 heavy (non-hydrogen) atoms. The molecule has 0 aliphatic carbocycles. The van der Waals surface area contributed by atoms with E-state index in [0.717, 1.165) is 14.4 Å². The molecule has 0 aliphatic rings. The van der Waals surface area contributed by atoms with Crippen molar-refractivity contribution in [1.82, 2.24) is 0 Å². The Kier molecular flexibility index (Phi) is 4.12. The van der Waals surface area contributed by atoms with E-state index in [2.05, 4.69) is 21.2 Å². The van der Waals surface area contributed by atoms with Gasteiger partial charge in [0.15, 0.2) is 0 Å². The van der Waals surface area contributed by atoms with Crippen molar-refractivity contribution in [1.29, 1.82) is 0 Å². The lowest BCUT2D eigenvalue weighted by molar-refractivity contribution is -0.111. The molecule has 0 spiro atoms. The van der Waals surface area contributed by atoms with E-state index in [9.17, 15) is 4.79 Å². The molecule has 0 bridgehead atoms. The monoisotopic (exact) mass is 307 g/mol. The number of rotatable bonds is 3. The summed E-state index contributed by atoms with van der Waals surface area (Å²) in [6.45, 7) is 0. The number of benzene rings is 1. The molecule has 86 valence electrons. The fraction of sp³-hybridized carbons (Fsp3) is 0. The standard InChI is InChI=1S/C13H10BrNOS/c14-12-8-6-11(17-12)7-9-13(16)15-10-4-2-1-3-5-10/h1-9H,(H,15,16)/b9-7-. The summed E-state index contributed by atoms with van der Waals surface area (Å²) in [6.07, 6.45) is 3.33. The lowest BCUT2D eigenvalue weighted by Crippen LogP contribution is -2.07. The molecule has 0 unspecified atom stereocenters. The van der Waals surface area contributed by atoms with Crippen LogP contribution in [0.3, 0.4) is 0 Å². The molecule has 4 heteroatoms. The molecular weight excluding hydrogens is 298 g/mol. The van der Waals surface area contributed by atoms with Gasteiger partial charge in [0.05, 0.1) is 3.79 Å². The van der Waals surface area contributed by atoms with E-state index in [1.807, 2.05) is 42.5 Å². The molecule has 1 aromatic carbocycles. The van der Waals surface area contributed by atoms with Gasteiger partial charge >= 0.3 is 0 Å². The first kappa shape index (κ1) is 12.1. The number of carbonyl (C=O) groups is 1. The van der Waals surface area contributed by atoms with Gasteiger partial charge in [0, 0.05) is 16.6 Å². The Morgan fingerprint density at radius 2 is 1.94 bits per heavy atom. The zero-order valence-corrected chi connectivity index (χ0v) is 11.3. The number of hydrogen-bond acceptors (Lipinski definition) is 2. The van der Waals surface area contributed by atoms with Crippen molar-refractivity contribution in [2.75, 3.05) is 5.32 Å². The quantitative estimate of drug-likeness (QED) is 0.848. The van der Waals surface area contributed by atoms with Gasteiger partial charge in [-0.2, -0.15) is 0 Å². The first-order valence-corrected chi connectivity index (χ1v) is 6.64. The second kappa shape index (κ2) is 5.80. The third kappa shape index (κ3) is 3.84. The Hall–Kier alpha value is -1.39. The molecule has 1 N–H and O–H groups in total. The average Bonchev–Trinajstić information content (AvgIpc) is 2.74. The SMILES string of the molecule is O=C(/C=C\c1ccc(Br)s1)Nc1ccccc1. The Morgan fingerprint density at radius 3 is 2.59 bits per heavy atom. The lowest BCUT2D eigenvalue weighted by atomic mass is 10.3. The minimum absolute atomic E-state index is 0.124. The molecule has 2 rings (SSSR count). The maximum atomic E-state index is 11.6. The van der Waals surface area contributed by atoms with Gasteiger partial charge in [-0.1, -0.05) is 18.2 Å². The molecule has 0 radical (unpaired) electrons. The van der Waals surface area contributed by atoms with Gasteiger partial charge in [-0.05, 0) is 46.3 Å². The van der Waals surface area contributed by atoms with E-state index in [-0.39, 0.29) is 5.91 Å². The second-order valence-electron chi connectivity index (χ2n) is 3.33. The van der Waals surface area contributed by atoms with Crippen LogP contribution in [-0.4, -0.2) is 5.91 Å². The van der Waals surface area contributed by atoms with Crippen LogP contribution in [-0.2, 0) is 4.79 Å². The lowest BCUT2D eigenvalue weighted by Gasteiger charge is -1.99. The average molecular weight is 308 g/mol. The zero-order chi connectivity index (χ0) is 12.1. The fourth-order valence-electron chi connectivity index (χ4n) is 1.28. The van der Waals surface area contributed by atoms with Gasteiger partial charge in [0.1, 0.15) is 0 Å². The molecule has 2 nitrogen and oxygen atoms in total. The van der Waals surface area contributed by atoms with Crippen LogP contribution in [0.4, 0.5) is 5.69 Å². The third-order valence-electron chi connectivity index (χ3n) is 2.03. The number of para-hydroxylation sites is 1. The Balaban J connectivity index is 1.96. The largest absolute Gasteiger partial charge is 0.323 e. The summed E-state index contributed by atoms with van der Waals surface area (Å²) in [5.41, 5.74) is 0.800. The van der Waals surface area contributed by atoms with E-state index >= 15 is 0 Å². The highest BCUT2D eigenvalue weighted by Gasteiger charge is 1.97. The number of carbonyl (C=O) groups excluding carboxylic acids is 1. The summed E-state index contributed by atoms with van der Waals surface area (Å²) in [4.78, 5) is 12.6. The number of hydrogen-bond donors (Lipinski definition) is 1. The fourth-order valence-corrected chi connectivity index (χ4v) is 2.61. The highest BCUT2D eigenvalue weighted by atomic mass is 79.9. The smallest absolute Gasteiger partial charge is 0.248 e. The van der Waals surface area contributed by atoms with Crippen LogP contribution in [0.25, 0.3) is 6.08 Å². The van der Waals surface area contributed by atoms with Crippen molar-refractivity contribution in [3.05, 3.63) is 57.2 Å². The van der Waals surface area contributed by atoms with Crippen molar-refractivity contribution < 1.29 is 4.79 Å². The summed E-state index contributed by atoms with van der Waals surface area (Å²) >= 11 is 4.96. The molecule has 0 saturated carbocycles. The summed E-state index contributed by atoms with van der Waals surface area (Å²) < 4.78 is 1.06. The van der Waals surface area contributed by atoms with Gasteiger partial charge < -0.3 is 5.32 Å². The van der Waals surface area contributed by atoms with Crippen LogP contribution in [0.15, 0.2) is 52.3 Å². The minimum Gasteiger partial charge on any atom is -0.323 e. The minimum atomic E-state index is -0.124. The summed E-state index contributed by atoms with van der Waals surface area (Å²) in [5.74, 6) is -0.124. The normalized spacial score (nSPS) is 10.6. The number of amides is 1. The molecule has 1 heterocycles. The Labute approximate surface area is 112 Å². The number of nitrogens with one attached hydrogen (secondary N) is 1. The molecule has 0 saturated heterocycles. The van der Waals surface area contributed by atoms with E-state index in [4.69, 9.17) is 0 Å². The van der Waals surface area contributed by atoms with E-state index in [1.54, 1.807) is 17.4 Å². The van der Waals surface area contributed by atoms with Crippen molar-refractivity contribution in [2.24, 2.45) is 0 Å². The summed E-state index contributed by atoms with van der Waals surface area (Å²) in [6, 6.07) is 13.3. The maximum Gasteiger partial charge on any atom is 0.248 e. The summed E-state index contributed by atoms with van der Waals surface area (Å²) in [7, 11) is 0. The van der Waals surface area contributed by atoms with Crippen molar-refractivity contribution in [3.63, 3.8) is 0 Å². The van der Waals surface area contributed by atoms with Crippen LogP contribution in [0.2, 0.25) is 0 Å². The molecule has 1 amide bonds. The maximum absolute atomic E-state index is 11.6. The zero-order valence-electron chi connectivity index (χ0n) is 8.89. The van der Waals surface area contributed by atoms with Crippen molar-refractivity contribution in [3.8, 4) is 0 Å². The molecule has 0 aliphatic heterocycles. The number of anilines is 1. The predicted molar refractivity (Wildman–Crippen MR) is 76.1 cm³/mol. The first-order chi connectivity index (χ1) is 8.24. The molecule has 0 atom stereocenters. The third-order valence-corrected chi connectivity index (χ3v) is 3.62. The van der Waals surface area contributed by atoms with E-state index in [1.165, 1.54) is 6.08 Å². The first-order valence-electron chi connectivity index (χ1n) is 5.03. The van der Waals surface area contributed by atoms with E-state index < -0.39 is 0 Å².